The summed E-state index contributed by atoms with van der Waals surface area (Å²) in [5.41, 5.74) is 1.67. The molecule has 0 amide bonds. The molecule has 6 heteroatoms. The number of rotatable bonds is 7. The molecule has 0 aliphatic carbocycles. The van der Waals surface area contributed by atoms with Crippen LogP contribution in [-0.2, 0) is 13.3 Å². The van der Waals surface area contributed by atoms with E-state index in [1.54, 1.807) is 14.2 Å². The van der Waals surface area contributed by atoms with Crippen LogP contribution in [0.3, 0.4) is 0 Å². The Morgan fingerprint density at radius 1 is 0.870 bits per heavy atom. The lowest BCUT2D eigenvalue weighted by Crippen LogP contribution is -2.44. The Balaban J connectivity index is 2.53. The second-order valence-corrected chi connectivity index (χ2v) is 8.93. The Morgan fingerprint density at radius 2 is 1.30 bits per heavy atom. The maximum Gasteiger partial charge on any atom is 0.500 e. The van der Waals surface area contributed by atoms with Crippen molar-refractivity contribution in [2.24, 2.45) is 0 Å². The predicted molar refractivity (Wildman–Crippen MR) is 96.1 cm³/mol. The maximum atomic E-state index is 6.39. The van der Waals surface area contributed by atoms with Crippen LogP contribution in [0, 0.1) is 0 Å². The van der Waals surface area contributed by atoms with Crippen molar-refractivity contribution in [3.63, 3.8) is 0 Å². The van der Waals surface area contributed by atoms with Crippen molar-refractivity contribution in [2.75, 3.05) is 14.2 Å². The molecule has 0 aromatic heterocycles. The van der Waals surface area contributed by atoms with Crippen molar-refractivity contribution in [2.45, 2.75) is 19.1 Å². The standard InChI is InChI=1S/C17H20Cl2O3Si/c1-4-23(20-2,21-3)22-17(13-9-5-7-11-15(13)18)14-10-6-8-12-16(14)19/h5-12,17H,4H2,1-3H3. The fraction of sp³-hybridized carbons (Fsp3) is 0.294. The summed E-state index contributed by atoms with van der Waals surface area (Å²) >= 11 is 12.8. The molecule has 23 heavy (non-hydrogen) atoms. The van der Waals surface area contributed by atoms with E-state index in [1.807, 2.05) is 55.5 Å². The van der Waals surface area contributed by atoms with Gasteiger partial charge in [0, 0.05) is 41.4 Å². The highest BCUT2D eigenvalue weighted by Crippen LogP contribution is 2.37. The second-order valence-electron chi connectivity index (χ2n) is 4.99. The first-order valence-electron chi connectivity index (χ1n) is 7.34. The van der Waals surface area contributed by atoms with Crippen molar-refractivity contribution in [3.8, 4) is 0 Å². The van der Waals surface area contributed by atoms with Crippen LogP contribution in [0.1, 0.15) is 24.2 Å². The highest BCUT2D eigenvalue weighted by Gasteiger charge is 2.41. The van der Waals surface area contributed by atoms with Gasteiger partial charge in [-0.2, -0.15) is 0 Å². The fourth-order valence-corrected chi connectivity index (χ4v) is 4.59. The monoisotopic (exact) mass is 370 g/mol. The molecule has 0 aliphatic heterocycles. The van der Waals surface area contributed by atoms with E-state index in [4.69, 9.17) is 36.5 Å². The van der Waals surface area contributed by atoms with Gasteiger partial charge < -0.3 is 13.3 Å². The van der Waals surface area contributed by atoms with E-state index in [-0.39, 0.29) is 0 Å². The van der Waals surface area contributed by atoms with Crippen LogP contribution in [0.4, 0.5) is 0 Å². The van der Waals surface area contributed by atoms with Crippen molar-refractivity contribution < 1.29 is 13.3 Å². The molecule has 0 N–H and O–H groups in total. The molecule has 0 atom stereocenters. The average Bonchev–Trinajstić information content (AvgIpc) is 2.59. The van der Waals surface area contributed by atoms with Crippen LogP contribution in [0.2, 0.25) is 16.1 Å². The third-order valence-electron chi connectivity index (χ3n) is 3.73. The molecular formula is C17H20Cl2O3Si. The Bertz CT molecular complexity index is 593. The summed E-state index contributed by atoms with van der Waals surface area (Å²) in [6.45, 7) is 1.98. The second kappa shape index (κ2) is 8.28. The van der Waals surface area contributed by atoms with E-state index in [9.17, 15) is 0 Å². The largest absolute Gasteiger partial charge is 0.500 e. The van der Waals surface area contributed by atoms with Crippen LogP contribution in [0.5, 0.6) is 0 Å². The minimum atomic E-state index is -2.81. The number of hydrogen-bond acceptors (Lipinski definition) is 3. The Hall–Kier alpha value is -0.883. The molecule has 2 aromatic rings. The van der Waals surface area contributed by atoms with E-state index in [2.05, 4.69) is 0 Å². The van der Waals surface area contributed by atoms with Crippen LogP contribution in [0.25, 0.3) is 0 Å². The average molecular weight is 371 g/mol. The minimum absolute atomic E-state index is 0.455. The van der Waals surface area contributed by atoms with E-state index < -0.39 is 14.9 Å². The molecule has 0 bridgehead atoms. The van der Waals surface area contributed by atoms with Gasteiger partial charge in [0.1, 0.15) is 6.10 Å². The molecule has 2 aromatic carbocycles. The normalized spacial score (nSPS) is 11.9. The zero-order valence-corrected chi connectivity index (χ0v) is 15.9. The molecule has 0 saturated heterocycles. The SMILES string of the molecule is CC[Si](OC)(OC)OC(c1ccccc1Cl)c1ccccc1Cl. The summed E-state index contributed by atoms with van der Waals surface area (Å²) in [4.78, 5) is 0. The molecule has 0 radical (unpaired) electrons. The first-order valence-corrected chi connectivity index (χ1v) is 10.0. The summed E-state index contributed by atoms with van der Waals surface area (Å²) in [7, 11) is 0.404. The minimum Gasteiger partial charge on any atom is -0.377 e. The lowest BCUT2D eigenvalue weighted by molar-refractivity contribution is 0.0717. The van der Waals surface area contributed by atoms with Crippen LogP contribution in [0.15, 0.2) is 48.5 Å². The molecule has 3 nitrogen and oxygen atoms in total. The van der Waals surface area contributed by atoms with Crippen molar-refractivity contribution >= 4 is 32.0 Å². The van der Waals surface area contributed by atoms with E-state index in [0.717, 1.165) is 11.1 Å². The van der Waals surface area contributed by atoms with E-state index in [0.29, 0.717) is 16.1 Å². The van der Waals surface area contributed by atoms with Gasteiger partial charge in [-0.3, -0.25) is 0 Å². The highest BCUT2D eigenvalue weighted by atomic mass is 35.5. The van der Waals surface area contributed by atoms with Gasteiger partial charge in [-0.15, -0.1) is 0 Å². The smallest absolute Gasteiger partial charge is 0.377 e. The van der Waals surface area contributed by atoms with Crippen molar-refractivity contribution in [1.82, 2.24) is 0 Å². The first-order chi connectivity index (χ1) is 11.1. The van der Waals surface area contributed by atoms with E-state index in [1.165, 1.54) is 0 Å². The molecule has 0 heterocycles. The third kappa shape index (κ3) is 4.15. The molecule has 0 aliphatic rings. The zero-order valence-electron chi connectivity index (χ0n) is 13.4. The molecule has 0 saturated carbocycles. The third-order valence-corrected chi connectivity index (χ3v) is 7.12. The summed E-state index contributed by atoms with van der Waals surface area (Å²) in [6.07, 6.45) is -0.455. The van der Waals surface area contributed by atoms with Crippen molar-refractivity contribution in [3.05, 3.63) is 69.7 Å². The molecule has 0 spiro atoms. The van der Waals surface area contributed by atoms with Gasteiger partial charge in [0.2, 0.25) is 0 Å². The number of halogens is 2. The fourth-order valence-electron chi connectivity index (χ4n) is 2.40. The van der Waals surface area contributed by atoms with E-state index >= 15 is 0 Å². The Labute approximate surface area is 148 Å². The molecular weight excluding hydrogens is 351 g/mol. The van der Waals surface area contributed by atoms with Gasteiger partial charge in [0.05, 0.1) is 0 Å². The lowest BCUT2D eigenvalue weighted by atomic mass is 10.0. The topological polar surface area (TPSA) is 27.7 Å². The van der Waals surface area contributed by atoms with Gasteiger partial charge in [-0.1, -0.05) is 66.5 Å². The lowest BCUT2D eigenvalue weighted by Gasteiger charge is -2.31. The molecule has 0 fully saturated rings. The van der Waals surface area contributed by atoms with Gasteiger partial charge >= 0.3 is 8.80 Å². The number of hydrogen-bond donors (Lipinski definition) is 0. The first kappa shape index (κ1) is 18.5. The van der Waals surface area contributed by atoms with Crippen LogP contribution >= 0.6 is 23.2 Å². The van der Waals surface area contributed by atoms with Gasteiger partial charge in [0.25, 0.3) is 0 Å². The van der Waals surface area contributed by atoms with Gasteiger partial charge in [-0.25, -0.2) is 0 Å². The Morgan fingerprint density at radius 3 is 1.65 bits per heavy atom. The Kier molecular flexibility index (Phi) is 6.65. The summed E-state index contributed by atoms with van der Waals surface area (Å²) in [5.74, 6) is 0. The number of benzene rings is 2. The molecule has 2 rings (SSSR count). The summed E-state index contributed by atoms with van der Waals surface area (Å²) < 4.78 is 17.5. The van der Waals surface area contributed by atoms with Gasteiger partial charge in [0.15, 0.2) is 0 Å². The molecule has 0 unspecified atom stereocenters. The molecule has 124 valence electrons. The maximum absolute atomic E-state index is 6.39. The van der Waals surface area contributed by atoms with Crippen LogP contribution < -0.4 is 0 Å². The quantitative estimate of drug-likeness (QED) is 0.614. The van der Waals surface area contributed by atoms with Crippen LogP contribution in [-0.4, -0.2) is 23.0 Å². The zero-order chi connectivity index (χ0) is 16.9. The van der Waals surface area contributed by atoms with Gasteiger partial charge in [-0.05, 0) is 12.1 Å². The van der Waals surface area contributed by atoms with Crippen molar-refractivity contribution in [1.29, 1.82) is 0 Å². The summed E-state index contributed by atoms with van der Waals surface area (Å²) in [6, 6.07) is 15.8. The predicted octanol–water partition coefficient (Wildman–Crippen LogP) is 5.35. The summed E-state index contributed by atoms with van der Waals surface area (Å²) in [5, 5.41) is 1.23. The highest BCUT2D eigenvalue weighted by molar-refractivity contribution is 6.60.